The zero-order valence-corrected chi connectivity index (χ0v) is 14.6. The Labute approximate surface area is 136 Å². The molecule has 0 aromatic rings. The lowest BCUT2D eigenvalue weighted by Gasteiger charge is -2.38. The number of fused-ring (bicyclic) bond motifs is 1. The van der Waals surface area contributed by atoms with E-state index in [1.54, 1.807) is 11.8 Å². The van der Waals surface area contributed by atoms with Gasteiger partial charge < -0.3 is 20.1 Å². The quantitative estimate of drug-likeness (QED) is 0.791. The van der Waals surface area contributed by atoms with E-state index >= 15 is 0 Å². The number of hydrogen-bond donors (Lipinski definition) is 1. The average molecular weight is 326 g/mol. The minimum absolute atomic E-state index is 0.220. The second-order valence-corrected chi connectivity index (χ2v) is 7.36. The number of nitrogens with two attached hydrogens (primary N) is 1. The first kappa shape index (κ1) is 17.4. The molecule has 0 aromatic heterocycles. The molecule has 2 unspecified atom stereocenters. The summed E-state index contributed by atoms with van der Waals surface area (Å²) in [4.78, 5) is 26.3. The maximum absolute atomic E-state index is 12.5. The molecular formula is C15H26N4O4. The van der Waals surface area contributed by atoms with Crippen LogP contribution in [0.25, 0.3) is 0 Å². The standard InChI is InChI=1S/C15H26N4O4/c1-7-22-13(21)19-10-9(11(16)17-19)8-18(15(10,5)6)12(20)23-14(2,3)4/h9-10H,7-8H2,1-6H3,(H2,16,17). The highest BCUT2D eigenvalue weighted by atomic mass is 16.6. The number of hydrazone groups is 1. The maximum atomic E-state index is 12.5. The number of carbonyl (C=O) groups excluding carboxylic acids is 2. The number of likely N-dealkylation sites (tertiary alicyclic amines) is 1. The average Bonchev–Trinajstić information content (AvgIpc) is 2.84. The first-order valence-corrected chi connectivity index (χ1v) is 7.79. The fourth-order valence-corrected chi connectivity index (χ4v) is 3.14. The van der Waals surface area contributed by atoms with Crippen LogP contribution < -0.4 is 5.73 Å². The third-order valence-corrected chi connectivity index (χ3v) is 4.12. The molecule has 2 aliphatic heterocycles. The summed E-state index contributed by atoms with van der Waals surface area (Å²) in [6.45, 7) is 11.5. The van der Waals surface area contributed by atoms with Crippen molar-refractivity contribution in [2.75, 3.05) is 13.2 Å². The summed E-state index contributed by atoms with van der Waals surface area (Å²) in [7, 11) is 0. The van der Waals surface area contributed by atoms with Gasteiger partial charge in [0.05, 0.1) is 24.1 Å². The van der Waals surface area contributed by atoms with Crippen molar-refractivity contribution in [1.82, 2.24) is 9.91 Å². The predicted molar refractivity (Wildman–Crippen MR) is 84.8 cm³/mol. The zero-order valence-electron chi connectivity index (χ0n) is 14.6. The van der Waals surface area contributed by atoms with Gasteiger partial charge in [-0.25, -0.2) is 9.59 Å². The lowest BCUT2D eigenvalue weighted by atomic mass is 9.89. The summed E-state index contributed by atoms with van der Waals surface area (Å²) in [6, 6.07) is -0.367. The number of amidine groups is 1. The van der Waals surface area contributed by atoms with Crippen LogP contribution in [0.5, 0.6) is 0 Å². The normalized spacial score (nSPS) is 25.9. The fourth-order valence-electron chi connectivity index (χ4n) is 3.14. The minimum atomic E-state index is -0.676. The van der Waals surface area contributed by atoms with Crippen molar-refractivity contribution in [2.45, 2.75) is 58.7 Å². The second kappa shape index (κ2) is 5.58. The number of rotatable bonds is 1. The lowest BCUT2D eigenvalue weighted by molar-refractivity contribution is 0.00328. The highest BCUT2D eigenvalue weighted by molar-refractivity contribution is 5.90. The van der Waals surface area contributed by atoms with Gasteiger partial charge in [0.25, 0.3) is 0 Å². The van der Waals surface area contributed by atoms with E-state index in [0.717, 1.165) is 0 Å². The SMILES string of the molecule is CCOC(=O)N1N=C(N)C2CN(C(=O)OC(C)(C)C)C(C)(C)C21. The number of nitrogens with zero attached hydrogens (tertiary/aromatic N) is 3. The molecule has 8 heteroatoms. The van der Waals surface area contributed by atoms with Crippen LogP contribution in [0.3, 0.4) is 0 Å². The molecule has 2 rings (SSSR count). The van der Waals surface area contributed by atoms with E-state index in [9.17, 15) is 9.59 Å². The van der Waals surface area contributed by atoms with Crippen LogP contribution in [0.15, 0.2) is 5.10 Å². The zero-order chi connectivity index (χ0) is 17.6. The largest absolute Gasteiger partial charge is 0.448 e. The first-order valence-electron chi connectivity index (χ1n) is 7.79. The minimum Gasteiger partial charge on any atom is -0.448 e. The van der Waals surface area contributed by atoms with Crippen LogP contribution >= 0.6 is 0 Å². The number of ether oxygens (including phenoxy) is 2. The van der Waals surface area contributed by atoms with E-state index in [-0.39, 0.29) is 18.6 Å². The molecule has 0 saturated carbocycles. The molecule has 0 bridgehead atoms. The molecule has 0 aromatic carbocycles. The Bertz CT molecular complexity index is 538. The van der Waals surface area contributed by atoms with Gasteiger partial charge in [-0.1, -0.05) is 0 Å². The van der Waals surface area contributed by atoms with Crippen LogP contribution in [0, 0.1) is 5.92 Å². The van der Waals surface area contributed by atoms with Crippen LogP contribution in [0.1, 0.15) is 41.5 Å². The van der Waals surface area contributed by atoms with Gasteiger partial charge in [0, 0.05) is 6.54 Å². The Kier molecular flexibility index (Phi) is 4.21. The van der Waals surface area contributed by atoms with Gasteiger partial charge >= 0.3 is 12.2 Å². The third-order valence-electron chi connectivity index (χ3n) is 4.12. The van der Waals surface area contributed by atoms with Crippen LogP contribution in [-0.4, -0.2) is 58.3 Å². The summed E-state index contributed by atoms with van der Waals surface area (Å²) in [6.07, 6.45) is -0.976. The Morgan fingerprint density at radius 2 is 1.96 bits per heavy atom. The third kappa shape index (κ3) is 3.07. The molecule has 2 aliphatic rings. The summed E-state index contributed by atoms with van der Waals surface area (Å²) < 4.78 is 10.5. The summed E-state index contributed by atoms with van der Waals surface area (Å²) in [5, 5.41) is 5.39. The first-order chi connectivity index (χ1) is 10.5. The molecule has 2 atom stereocenters. The smallest absolute Gasteiger partial charge is 0.430 e. The van der Waals surface area contributed by atoms with Crippen molar-refractivity contribution >= 4 is 18.0 Å². The van der Waals surface area contributed by atoms with Gasteiger partial charge in [0.1, 0.15) is 11.4 Å². The molecule has 23 heavy (non-hydrogen) atoms. The Morgan fingerprint density at radius 3 is 2.48 bits per heavy atom. The Morgan fingerprint density at radius 1 is 1.35 bits per heavy atom. The van der Waals surface area contributed by atoms with Crippen LogP contribution in [0.4, 0.5) is 9.59 Å². The second-order valence-electron chi connectivity index (χ2n) is 7.36. The predicted octanol–water partition coefficient (Wildman–Crippen LogP) is 1.74. The summed E-state index contributed by atoms with van der Waals surface area (Å²) in [5.41, 5.74) is 4.71. The highest BCUT2D eigenvalue weighted by Crippen LogP contribution is 2.41. The van der Waals surface area contributed by atoms with Crippen molar-refractivity contribution in [2.24, 2.45) is 16.8 Å². The molecule has 8 nitrogen and oxygen atoms in total. The molecular weight excluding hydrogens is 300 g/mol. The molecule has 1 fully saturated rings. The van der Waals surface area contributed by atoms with E-state index in [0.29, 0.717) is 12.4 Å². The van der Waals surface area contributed by atoms with E-state index in [1.165, 1.54) is 5.01 Å². The van der Waals surface area contributed by atoms with E-state index in [2.05, 4.69) is 5.10 Å². The van der Waals surface area contributed by atoms with Gasteiger partial charge in [-0.05, 0) is 41.5 Å². The number of amides is 2. The fraction of sp³-hybridized carbons (Fsp3) is 0.800. The molecule has 2 N–H and O–H groups in total. The van der Waals surface area contributed by atoms with E-state index < -0.39 is 23.3 Å². The van der Waals surface area contributed by atoms with Crippen molar-refractivity contribution in [3.63, 3.8) is 0 Å². The molecule has 130 valence electrons. The van der Waals surface area contributed by atoms with Crippen LogP contribution in [-0.2, 0) is 9.47 Å². The summed E-state index contributed by atoms with van der Waals surface area (Å²) >= 11 is 0. The highest BCUT2D eigenvalue weighted by Gasteiger charge is 2.59. The van der Waals surface area contributed by atoms with Crippen molar-refractivity contribution in [3.8, 4) is 0 Å². The topological polar surface area (TPSA) is 97.5 Å². The Hall–Kier alpha value is -1.99. The van der Waals surface area contributed by atoms with Gasteiger partial charge in [0.15, 0.2) is 0 Å². The molecule has 0 aliphatic carbocycles. The van der Waals surface area contributed by atoms with Gasteiger partial charge in [-0.15, -0.1) is 0 Å². The lowest BCUT2D eigenvalue weighted by Crippen LogP contribution is -2.54. The Balaban J connectivity index is 2.26. The summed E-state index contributed by atoms with van der Waals surface area (Å²) in [5.74, 6) is 0.115. The van der Waals surface area contributed by atoms with Crippen molar-refractivity contribution in [1.29, 1.82) is 0 Å². The molecule has 0 radical (unpaired) electrons. The van der Waals surface area contributed by atoms with Crippen LogP contribution in [0.2, 0.25) is 0 Å². The monoisotopic (exact) mass is 326 g/mol. The number of carbonyl (C=O) groups is 2. The molecule has 2 amide bonds. The molecule has 1 saturated heterocycles. The molecule has 2 heterocycles. The number of hydrogen-bond acceptors (Lipinski definition) is 6. The van der Waals surface area contributed by atoms with Gasteiger partial charge in [-0.2, -0.15) is 10.1 Å². The van der Waals surface area contributed by atoms with E-state index in [4.69, 9.17) is 15.2 Å². The molecule has 0 spiro atoms. The van der Waals surface area contributed by atoms with Gasteiger partial charge in [0.2, 0.25) is 0 Å². The van der Waals surface area contributed by atoms with Crippen molar-refractivity contribution in [3.05, 3.63) is 0 Å². The van der Waals surface area contributed by atoms with Crippen molar-refractivity contribution < 1.29 is 19.1 Å². The van der Waals surface area contributed by atoms with E-state index in [1.807, 2.05) is 34.6 Å². The van der Waals surface area contributed by atoms with Gasteiger partial charge in [-0.3, -0.25) is 0 Å². The maximum Gasteiger partial charge on any atom is 0.430 e.